The fourth-order valence-corrected chi connectivity index (χ4v) is 2.35. The van der Waals surface area contributed by atoms with Gasteiger partial charge < -0.3 is 15.7 Å². The molecule has 0 fully saturated rings. The molecular weight excluding hydrogens is 295 g/mol. The highest BCUT2D eigenvalue weighted by atomic mass is 19.1. The van der Waals surface area contributed by atoms with Crippen molar-refractivity contribution in [1.82, 2.24) is 5.32 Å². The first kappa shape index (κ1) is 17.0. The van der Waals surface area contributed by atoms with Gasteiger partial charge in [-0.3, -0.25) is 0 Å². The summed E-state index contributed by atoms with van der Waals surface area (Å²) in [4.78, 5) is 12.0. The molecule has 2 atom stereocenters. The van der Waals surface area contributed by atoms with Crippen LogP contribution in [0.1, 0.15) is 30.6 Å². The minimum Gasteiger partial charge on any atom is -0.388 e. The molecule has 2 unspecified atom stereocenters. The number of nitrogens with one attached hydrogen (secondary N) is 2. The summed E-state index contributed by atoms with van der Waals surface area (Å²) in [6.07, 6.45) is -0.237. The van der Waals surface area contributed by atoms with Gasteiger partial charge in [0, 0.05) is 11.7 Å². The van der Waals surface area contributed by atoms with Crippen molar-refractivity contribution < 1.29 is 14.3 Å². The quantitative estimate of drug-likeness (QED) is 0.786. The lowest BCUT2D eigenvalue weighted by molar-refractivity contribution is 0.155. The van der Waals surface area contributed by atoms with Crippen molar-refractivity contribution in [3.05, 3.63) is 65.5 Å². The molecule has 0 radical (unpaired) electrons. The number of anilines is 1. The molecule has 0 heterocycles. The Kier molecular flexibility index (Phi) is 5.71. The largest absolute Gasteiger partial charge is 0.388 e. The average Bonchev–Trinajstić information content (AvgIpc) is 2.50. The molecule has 2 rings (SSSR count). The molecule has 3 N–H and O–H groups in total. The third-order valence-electron chi connectivity index (χ3n) is 3.58. The molecule has 23 heavy (non-hydrogen) atoms. The van der Waals surface area contributed by atoms with Gasteiger partial charge in [-0.25, -0.2) is 9.18 Å². The van der Waals surface area contributed by atoms with Crippen molar-refractivity contribution in [1.29, 1.82) is 0 Å². The van der Waals surface area contributed by atoms with Gasteiger partial charge in [0.1, 0.15) is 5.82 Å². The van der Waals surface area contributed by atoms with Gasteiger partial charge in [0.15, 0.2) is 0 Å². The Labute approximate surface area is 135 Å². The number of aryl methyl sites for hydroxylation is 1. The lowest BCUT2D eigenvalue weighted by atomic mass is 10.0. The SMILES string of the molecule is Cc1cc(F)ccc1NC(=O)NC(C)CC(O)c1ccccc1. The predicted molar refractivity (Wildman–Crippen MR) is 88.8 cm³/mol. The van der Waals surface area contributed by atoms with Crippen molar-refractivity contribution in [3.8, 4) is 0 Å². The van der Waals surface area contributed by atoms with Crippen molar-refractivity contribution in [3.63, 3.8) is 0 Å². The van der Waals surface area contributed by atoms with E-state index in [0.29, 0.717) is 17.7 Å². The summed E-state index contributed by atoms with van der Waals surface area (Å²) in [5, 5.41) is 15.6. The van der Waals surface area contributed by atoms with Gasteiger partial charge in [-0.1, -0.05) is 30.3 Å². The molecule has 0 aromatic heterocycles. The van der Waals surface area contributed by atoms with Gasteiger partial charge in [-0.05, 0) is 49.6 Å². The van der Waals surface area contributed by atoms with E-state index in [1.54, 1.807) is 6.92 Å². The number of hydrogen-bond acceptors (Lipinski definition) is 2. The lowest BCUT2D eigenvalue weighted by Crippen LogP contribution is -2.37. The van der Waals surface area contributed by atoms with Gasteiger partial charge in [0.05, 0.1) is 6.10 Å². The van der Waals surface area contributed by atoms with Crippen LogP contribution >= 0.6 is 0 Å². The number of amides is 2. The van der Waals surface area contributed by atoms with Crippen LogP contribution in [0.3, 0.4) is 0 Å². The number of rotatable bonds is 5. The van der Waals surface area contributed by atoms with Crippen LogP contribution in [-0.4, -0.2) is 17.2 Å². The van der Waals surface area contributed by atoms with E-state index in [-0.39, 0.29) is 17.9 Å². The Balaban J connectivity index is 1.87. The minimum atomic E-state index is -0.640. The summed E-state index contributed by atoms with van der Waals surface area (Å²) in [5.41, 5.74) is 2.02. The second kappa shape index (κ2) is 7.74. The second-order valence-electron chi connectivity index (χ2n) is 5.62. The fourth-order valence-electron chi connectivity index (χ4n) is 2.35. The molecule has 0 saturated heterocycles. The number of carbonyl (C=O) groups is 1. The highest BCUT2D eigenvalue weighted by Crippen LogP contribution is 2.18. The van der Waals surface area contributed by atoms with Crippen LogP contribution in [-0.2, 0) is 0 Å². The normalized spacial score (nSPS) is 13.2. The topological polar surface area (TPSA) is 61.4 Å². The van der Waals surface area contributed by atoms with E-state index in [0.717, 1.165) is 5.56 Å². The molecule has 122 valence electrons. The molecule has 2 aromatic carbocycles. The maximum atomic E-state index is 13.0. The molecule has 4 nitrogen and oxygen atoms in total. The van der Waals surface area contributed by atoms with Gasteiger partial charge in [-0.15, -0.1) is 0 Å². The summed E-state index contributed by atoms with van der Waals surface area (Å²) in [7, 11) is 0. The van der Waals surface area contributed by atoms with E-state index in [4.69, 9.17) is 0 Å². The maximum Gasteiger partial charge on any atom is 0.319 e. The predicted octanol–water partition coefficient (Wildman–Crippen LogP) is 3.77. The van der Waals surface area contributed by atoms with E-state index in [1.165, 1.54) is 18.2 Å². The van der Waals surface area contributed by atoms with Crippen LogP contribution in [0, 0.1) is 12.7 Å². The van der Waals surface area contributed by atoms with Gasteiger partial charge in [0.25, 0.3) is 0 Å². The van der Waals surface area contributed by atoms with Crippen LogP contribution in [0.15, 0.2) is 48.5 Å². The fraction of sp³-hybridized carbons (Fsp3) is 0.278. The second-order valence-corrected chi connectivity index (χ2v) is 5.62. The molecule has 0 aliphatic carbocycles. The Bertz CT molecular complexity index is 661. The number of halogens is 1. The molecule has 0 saturated carbocycles. The Morgan fingerprint density at radius 1 is 1.22 bits per heavy atom. The van der Waals surface area contributed by atoms with Crippen molar-refractivity contribution in [2.75, 3.05) is 5.32 Å². The first-order valence-corrected chi connectivity index (χ1v) is 7.52. The van der Waals surface area contributed by atoms with Crippen molar-refractivity contribution in [2.45, 2.75) is 32.4 Å². The average molecular weight is 316 g/mol. The van der Waals surface area contributed by atoms with E-state index in [1.807, 2.05) is 37.3 Å². The summed E-state index contributed by atoms with van der Waals surface area (Å²) in [6.45, 7) is 3.55. The molecule has 0 bridgehead atoms. The third-order valence-corrected chi connectivity index (χ3v) is 3.58. The van der Waals surface area contributed by atoms with Crippen LogP contribution in [0.5, 0.6) is 0 Å². The first-order valence-electron chi connectivity index (χ1n) is 7.52. The molecule has 0 spiro atoms. The number of carbonyl (C=O) groups excluding carboxylic acids is 1. The molecular formula is C18H21FN2O2. The number of benzene rings is 2. The van der Waals surface area contributed by atoms with Crippen LogP contribution in [0.4, 0.5) is 14.9 Å². The molecule has 2 amide bonds. The monoisotopic (exact) mass is 316 g/mol. The lowest BCUT2D eigenvalue weighted by Gasteiger charge is -2.19. The van der Waals surface area contributed by atoms with Crippen molar-refractivity contribution >= 4 is 11.7 Å². The molecule has 0 aliphatic heterocycles. The van der Waals surface area contributed by atoms with Crippen LogP contribution in [0.25, 0.3) is 0 Å². The van der Waals surface area contributed by atoms with E-state index < -0.39 is 6.10 Å². The molecule has 2 aromatic rings. The van der Waals surface area contributed by atoms with E-state index >= 15 is 0 Å². The highest BCUT2D eigenvalue weighted by Gasteiger charge is 2.14. The zero-order valence-electron chi connectivity index (χ0n) is 13.2. The van der Waals surface area contributed by atoms with Gasteiger partial charge in [0.2, 0.25) is 0 Å². The van der Waals surface area contributed by atoms with Gasteiger partial charge >= 0.3 is 6.03 Å². The first-order chi connectivity index (χ1) is 11.0. The number of aliphatic hydroxyl groups excluding tert-OH is 1. The number of urea groups is 1. The Morgan fingerprint density at radius 2 is 1.91 bits per heavy atom. The number of hydrogen-bond donors (Lipinski definition) is 3. The minimum absolute atomic E-state index is 0.217. The number of aliphatic hydroxyl groups is 1. The standard InChI is InChI=1S/C18H21FN2O2/c1-12-10-15(19)8-9-16(12)21-18(23)20-13(2)11-17(22)14-6-4-3-5-7-14/h3-10,13,17,22H,11H2,1-2H3,(H2,20,21,23). The third kappa shape index (κ3) is 5.07. The zero-order chi connectivity index (χ0) is 16.8. The van der Waals surface area contributed by atoms with E-state index in [9.17, 15) is 14.3 Å². The molecule has 0 aliphatic rings. The summed E-state index contributed by atoms with van der Waals surface area (Å²) >= 11 is 0. The summed E-state index contributed by atoms with van der Waals surface area (Å²) in [5.74, 6) is -0.340. The van der Waals surface area contributed by atoms with Crippen molar-refractivity contribution in [2.24, 2.45) is 0 Å². The Morgan fingerprint density at radius 3 is 2.57 bits per heavy atom. The smallest absolute Gasteiger partial charge is 0.319 e. The summed E-state index contributed by atoms with van der Waals surface area (Å²) in [6, 6.07) is 12.9. The van der Waals surface area contributed by atoms with E-state index in [2.05, 4.69) is 10.6 Å². The zero-order valence-corrected chi connectivity index (χ0v) is 13.2. The van der Waals surface area contributed by atoms with Gasteiger partial charge in [-0.2, -0.15) is 0 Å². The summed E-state index contributed by atoms with van der Waals surface area (Å²) < 4.78 is 13.0. The van der Waals surface area contributed by atoms with Crippen LogP contribution in [0.2, 0.25) is 0 Å². The van der Waals surface area contributed by atoms with Crippen LogP contribution < -0.4 is 10.6 Å². The Hall–Kier alpha value is -2.40. The maximum absolute atomic E-state index is 13.0. The highest BCUT2D eigenvalue weighted by molar-refractivity contribution is 5.90. The molecule has 5 heteroatoms.